The maximum absolute atomic E-state index is 13.1. The number of aromatic nitrogens is 1. The van der Waals surface area contributed by atoms with Crippen LogP contribution in [0.2, 0.25) is 0 Å². The van der Waals surface area contributed by atoms with Gasteiger partial charge in [-0.1, -0.05) is 48.5 Å². The molecule has 119 valence electrons. The second kappa shape index (κ2) is 5.87. The van der Waals surface area contributed by atoms with Crippen LogP contribution in [0.4, 0.5) is 5.13 Å². The Morgan fingerprint density at radius 2 is 2.17 bits per heavy atom. The van der Waals surface area contributed by atoms with Crippen molar-refractivity contribution < 1.29 is 4.79 Å². The van der Waals surface area contributed by atoms with E-state index in [0.29, 0.717) is 11.6 Å². The van der Waals surface area contributed by atoms with Crippen LogP contribution < -0.4 is 5.32 Å². The zero-order valence-electron chi connectivity index (χ0n) is 13.3. The molecule has 0 spiro atoms. The van der Waals surface area contributed by atoms with Crippen LogP contribution in [0.3, 0.4) is 0 Å². The van der Waals surface area contributed by atoms with Crippen LogP contribution in [-0.2, 0) is 11.2 Å². The van der Waals surface area contributed by atoms with E-state index < -0.39 is 5.41 Å². The average Bonchev–Trinajstić information content (AvgIpc) is 3.21. The van der Waals surface area contributed by atoms with Gasteiger partial charge >= 0.3 is 0 Å². The number of nitrogens with zero attached hydrogens (tertiary/aromatic N) is 1. The number of hydrogen-bond acceptors (Lipinski definition) is 3. The molecule has 0 unspecified atom stereocenters. The van der Waals surface area contributed by atoms with Crippen molar-refractivity contribution in [1.82, 2.24) is 4.98 Å². The summed E-state index contributed by atoms with van der Waals surface area (Å²) in [7, 11) is 0. The molecule has 0 aliphatic heterocycles. The van der Waals surface area contributed by atoms with Gasteiger partial charge in [-0.25, -0.2) is 4.98 Å². The minimum atomic E-state index is -0.551. The Kier molecular flexibility index (Phi) is 3.69. The molecule has 4 rings (SSSR count). The first-order valence-corrected chi connectivity index (χ1v) is 8.81. The van der Waals surface area contributed by atoms with E-state index in [-0.39, 0.29) is 11.8 Å². The Morgan fingerprint density at radius 3 is 2.92 bits per heavy atom. The molecule has 3 nitrogen and oxygen atoms in total. The lowest BCUT2D eigenvalue weighted by Gasteiger charge is -2.30. The van der Waals surface area contributed by atoms with Crippen LogP contribution >= 0.6 is 11.3 Å². The number of fused-ring (bicyclic) bond motifs is 1. The quantitative estimate of drug-likeness (QED) is 0.777. The van der Waals surface area contributed by atoms with Crippen molar-refractivity contribution >= 4 is 22.4 Å². The van der Waals surface area contributed by atoms with E-state index in [1.807, 2.05) is 42.6 Å². The molecule has 1 N–H and O–H groups in total. The normalized spacial score (nSPS) is 22.1. The highest BCUT2D eigenvalue weighted by Crippen LogP contribution is 2.51. The third kappa shape index (κ3) is 2.43. The summed E-state index contributed by atoms with van der Waals surface area (Å²) in [5.74, 6) is 0.0358. The van der Waals surface area contributed by atoms with Crippen molar-refractivity contribution in [2.45, 2.75) is 19.3 Å². The fourth-order valence-corrected chi connectivity index (χ4v) is 4.20. The van der Waals surface area contributed by atoms with Gasteiger partial charge in [0.15, 0.2) is 5.13 Å². The number of nitrogens with one attached hydrogen (secondary N) is 1. The molecule has 1 radical (unpaired) electrons. The fraction of sp³-hybridized carbons (Fsp3) is 0.200. The Hall–Kier alpha value is -2.46. The molecular weight excluding hydrogens is 316 g/mol. The summed E-state index contributed by atoms with van der Waals surface area (Å²) >= 11 is 1.44. The van der Waals surface area contributed by atoms with Gasteiger partial charge in [-0.15, -0.1) is 11.3 Å². The predicted molar refractivity (Wildman–Crippen MR) is 96.1 cm³/mol. The minimum absolute atomic E-state index is 0.0162. The van der Waals surface area contributed by atoms with E-state index in [1.165, 1.54) is 22.5 Å². The van der Waals surface area contributed by atoms with Crippen LogP contribution in [-0.4, -0.2) is 10.9 Å². The molecule has 24 heavy (non-hydrogen) atoms. The van der Waals surface area contributed by atoms with Crippen molar-refractivity contribution in [2.24, 2.45) is 5.41 Å². The summed E-state index contributed by atoms with van der Waals surface area (Å²) in [6.45, 7) is 2.05. The standard InChI is InChI=1S/C20H17N2OS/c1-20(18(23)22-19-21-11-12-24-19)13-15-9-5-6-10-16(15)17(20)14-7-3-2-4-8-14/h2-5,7-12,17H,13H2,1H3,(H,21,22,23)/t17-,20+/m0/s1. The van der Waals surface area contributed by atoms with Crippen LogP contribution in [0.15, 0.2) is 60.1 Å². The zero-order valence-corrected chi connectivity index (χ0v) is 14.1. The molecule has 1 heterocycles. The number of amides is 1. The SMILES string of the molecule is C[C@@]1(C(=O)Nc2nccs2)Cc2cc[c]cc2[C@@H]1c1ccccc1. The van der Waals surface area contributed by atoms with Crippen molar-refractivity contribution in [1.29, 1.82) is 0 Å². The molecule has 1 aromatic heterocycles. The molecule has 1 aliphatic rings. The minimum Gasteiger partial charge on any atom is -0.301 e. The molecule has 0 fully saturated rings. The zero-order chi connectivity index (χ0) is 16.6. The van der Waals surface area contributed by atoms with Gasteiger partial charge < -0.3 is 5.32 Å². The molecule has 1 amide bonds. The first-order chi connectivity index (χ1) is 11.7. The van der Waals surface area contributed by atoms with Gasteiger partial charge in [0, 0.05) is 17.5 Å². The van der Waals surface area contributed by atoms with E-state index in [9.17, 15) is 4.79 Å². The predicted octanol–water partition coefficient (Wildman–Crippen LogP) is 4.28. The third-order valence-corrected chi connectivity index (χ3v) is 5.49. The van der Waals surface area contributed by atoms with Gasteiger partial charge in [-0.05, 0) is 36.1 Å². The molecule has 0 bridgehead atoms. The van der Waals surface area contributed by atoms with E-state index in [4.69, 9.17) is 0 Å². The molecule has 3 aromatic rings. The van der Waals surface area contributed by atoms with Gasteiger partial charge in [-0.3, -0.25) is 4.79 Å². The van der Waals surface area contributed by atoms with Gasteiger partial charge in [0.25, 0.3) is 0 Å². The van der Waals surface area contributed by atoms with Crippen molar-refractivity contribution in [3.63, 3.8) is 0 Å². The maximum atomic E-state index is 13.1. The summed E-state index contributed by atoms with van der Waals surface area (Å²) in [6.07, 6.45) is 2.42. The Balaban J connectivity index is 1.77. The number of carbonyl (C=O) groups excluding carboxylic acids is 1. The molecule has 4 heteroatoms. The van der Waals surface area contributed by atoms with Gasteiger partial charge in [0.2, 0.25) is 5.91 Å². The van der Waals surface area contributed by atoms with Gasteiger partial charge in [0.1, 0.15) is 0 Å². The van der Waals surface area contributed by atoms with E-state index in [1.54, 1.807) is 6.20 Å². The summed E-state index contributed by atoms with van der Waals surface area (Å²) < 4.78 is 0. The summed E-state index contributed by atoms with van der Waals surface area (Å²) in [6, 6.07) is 19.4. The largest absolute Gasteiger partial charge is 0.301 e. The molecular formula is C20H17N2OS. The maximum Gasteiger partial charge on any atom is 0.233 e. The fourth-order valence-electron chi connectivity index (χ4n) is 3.68. The lowest BCUT2D eigenvalue weighted by Crippen LogP contribution is -2.37. The number of thiazole rings is 1. The lowest BCUT2D eigenvalue weighted by atomic mass is 9.73. The highest BCUT2D eigenvalue weighted by molar-refractivity contribution is 7.13. The second-order valence-electron chi connectivity index (χ2n) is 6.35. The lowest BCUT2D eigenvalue weighted by molar-refractivity contribution is -0.125. The Morgan fingerprint density at radius 1 is 1.33 bits per heavy atom. The van der Waals surface area contributed by atoms with Crippen molar-refractivity contribution in [3.8, 4) is 0 Å². The first-order valence-electron chi connectivity index (χ1n) is 7.93. The topological polar surface area (TPSA) is 42.0 Å². The number of rotatable bonds is 3. The Bertz CT molecular complexity index is 860. The summed E-state index contributed by atoms with van der Waals surface area (Å²) in [5.41, 5.74) is 3.03. The molecule has 0 saturated heterocycles. The highest BCUT2D eigenvalue weighted by Gasteiger charge is 2.48. The van der Waals surface area contributed by atoms with Crippen LogP contribution in [0, 0.1) is 11.5 Å². The smallest absolute Gasteiger partial charge is 0.233 e. The van der Waals surface area contributed by atoms with Gasteiger partial charge in [-0.2, -0.15) is 0 Å². The monoisotopic (exact) mass is 333 g/mol. The van der Waals surface area contributed by atoms with Crippen molar-refractivity contribution in [3.05, 3.63) is 82.9 Å². The second-order valence-corrected chi connectivity index (χ2v) is 7.25. The molecule has 1 aliphatic carbocycles. The molecule has 2 atom stereocenters. The van der Waals surface area contributed by atoms with Crippen LogP contribution in [0.25, 0.3) is 0 Å². The number of benzene rings is 2. The first kappa shape index (κ1) is 15.1. The van der Waals surface area contributed by atoms with Crippen LogP contribution in [0.5, 0.6) is 0 Å². The van der Waals surface area contributed by atoms with E-state index in [2.05, 4.69) is 34.6 Å². The summed E-state index contributed by atoms with van der Waals surface area (Å²) in [4.78, 5) is 17.3. The third-order valence-electron chi connectivity index (χ3n) is 4.80. The average molecular weight is 333 g/mol. The number of carbonyl (C=O) groups is 1. The highest BCUT2D eigenvalue weighted by atomic mass is 32.1. The Labute approximate surface area is 145 Å². The molecule has 2 aromatic carbocycles. The van der Waals surface area contributed by atoms with Crippen molar-refractivity contribution in [2.75, 3.05) is 5.32 Å². The van der Waals surface area contributed by atoms with Gasteiger partial charge in [0.05, 0.1) is 5.41 Å². The number of anilines is 1. The van der Waals surface area contributed by atoms with Crippen LogP contribution in [0.1, 0.15) is 29.5 Å². The summed E-state index contributed by atoms with van der Waals surface area (Å²) in [5, 5.41) is 5.51. The van der Waals surface area contributed by atoms with E-state index in [0.717, 1.165) is 5.56 Å². The number of hydrogen-bond donors (Lipinski definition) is 1. The van der Waals surface area contributed by atoms with E-state index >= 15 is 0 Å². The molecule has 0 saturated carbocycles.